The summed E-state index contributed by atoms with van der Waals surface area (Å²) in [7, 11) is 0. The van der Waals surface area contributed by atoms with Crippen molar-refractivity contribution < 1.29 is 9.59 Å². The molecule has 174 valence electrons. The van der Waals surface area contributed by atoms with Gasteiger partial charge in [-0.2, -0.15) is 0 Å². The van der Waals surface area contributed by atoms with Crippen molar-refractivity contribution in [1.82, 2.24) is 4.98 Å². The number of carbonyl (C=O) groups is 2. The summed E-state index contributed by atoms with van der Waals surface area (Å²) >= 11 is 6.23. The number of fused-ring (bicyclic) bond motifs is 1. The summed E-state index contributed by atoms with van der Waals surface area (Å²) in [5.74, 6) is -0.126. The lowest BCUT2D eigenvalue weighted by molar-refractivity contribution is -0.113. The Bertz CT molecular complexity index is 1460. The molecule has 0 atom stereocenters. The highest BCUT2D eigenvalue weighted by Gasteiger charge is 2.22. The number of benzene rings is 3. The zero-order valence-corrected chi connectivity index (χ0v) is 19.9. The van der Waals surface area contributed by atoms with Crippen LogP contribution in [0.2, 0.25) is 5.02 Å². The standard InChI is InChI=1S/C30H25ClN2O2/c31-24-14-9-10-15-26(24)33-30(35)21-17-18-25-23(19-21)28(20-11-5-4-6-12-20)29(32-25)22-13-7-2-1-3-8-16-27(22)34/h2,4-7,9-15,17-19,32H,1,3,8,16H2,(H,33,35). The van der Waals surface area contributed by atoms with Crippen LogP contribution in [0.15, 0.2) is 91.0 Å². The number of Topliss-reactive ketones (excluding diaryl/α,β-unsaturated/α-hetero) is 1. The van der Waals surface area contributed by atoms with Crippen LogP contribution in [0, 0.1) is 0 Å². The molecule has 0 spiro atoms. The molecule has 1 heterocycles. The number of hydrogen-bond donors (Lipinski definition) is 2. The molecule has 4 nitrogen and oxygen atoms in total. The average Bonchev–Trinajstić information content (AvgIpc) is 3.29. The molecule has 0 saturated carbocycles. The highest BCUT2D eigenvalue weighted by Crippen LogP contribution is 2.37. The monoisotopic (exact) mass is 480 g/mol. The summed E-state index contributed by atoms with van der Waals surface area (Å²) in [4.78, 5) is 29.8. The van der Waals surface area contributed by atoms with E-state index >= 15 is 0 Å². The van der Waals surface area contributed by atoms with E-state index in [-0.39, 0.29) is 11.7 Å². The number of aromatic amines is 1. The summed E-state index contributed by atoms with van der Waals surface area (Å²) in [5.41, 5.74) is 5.29. The predicted octanol–water partition coefficient (Wildman–Crippen LogP) is 7.82. The summed E-state index contributed by atoms with van der Waals surface area (Å²) < 4.78 is 0. The van der Waals surface area contributed by atoms with Crippen LogP contribution >= 0.6 is 11.6 Å². The predicted molar refractivity (Wildman–Crippen MR) is 144 cm³/mol. The largest absolute Gasteiger partial charge is 0.354 e. The molecule has 2 N–H and O–H groups in total. The number of amides is 1. The number of allylic oxidation sites excluding steroid dienone is 4. The fourth-order valence-electron chi connectivity index (χ4n) is 4.46. The van der Waals surface area contributed by atoms with Crippen molar-refractivity contribution in [2.24, 2.45) is 0 Å². The zero-order chi connectivity index (χ0) is 24.2. The minimum atomic E-state index is -0.248. The lowest BCUT2D eigenvalue weighted by Crippen LogP contribution is -2.12. The van der Waals surface area contributed by atoms with Gasteiger partial charge in [0.1, 0.15) is 0 Å². The lowest BCUT2D eigenvalue weighted by Gasteiger charge is -2.09. The summed E-state index contributed by atoms with van der Waals surface area (Å²) in [6.45, 7) is 0. The Morgan fingerprint density at radius 3 is 2.57 bits per heavy atom. The third-order valence-electron chi connectivity index (χ3n) is 6.24. The number of ketones is 1. The van der Waals surface area contributed by atoms with Gasteiger partial charge in [0.05, 0.1) is 16.4 Å². The molecule has 1 amide bonds. The van der Waals surface area contributed by atoms with E-state index in [1.54, 1.807) is 18.2 Å². The Balaban J connectivity index is 1.64. The maximum Gasteiger partial charge on any atom is 0.255 e. The van der Waals surface area contributed by atoms with E-state index in [2.05, 4.69) is 16.4 Å². The number of aromatic nitrogens is 1. The highest BCUT2D eigenvalue weighted by atomic mass is 35.5. The van der Waals surface area contributed by atoms with Crippen molar-refractivity contribution in [2.45, 2.75) is 25.7 Å². The van der Waals surface area contributed by atoms with Gasteiger partial charge in [0.2, 0.25) is 0 Å². The number of para-hydroxylation sites is 1. The van der Waals surface area contributed by atoms with Crippen molar-refractivity contribution in [2.75, 3.05) is 5.32 Å². The molecule has 5 heteroatoms. The van der Waals surface area contributed by atoms with Gasteiger partial charge in [-0.1, -0.05) is 66.2 Å². The molecule has 0 radical (unpaired) electrons. The third-order valence-corrected chi connectivity index (χ3v) is 6.57. The van der Waals surface area contributed by atoms with E-state index in [1.807, 2.05) is 66.7 Å². The fourth-order valence-corrected chi connectivity index (χ4v) is 4.64. The first-order chi connectivity index (χ1) is 17.1. The topological polar surface area (TPSA) is 62.0 Å². The van der Waals surface area contributed by atoms with Crippen LogP contribution in [0.4, 0.5) is 5.69 Å². The average molecular weight is 481 g/mol. The number of rotatable bonds is 4. The molecule has 35 heavy (non-hydrogen) atoms. The normalized spacial score (nSPS) is 14.2. The Labute approximate surface area is 209 Å². The summed E-state index contributed by atoms with van der Waals surface area (Å²) in [6, 6.07) is 22.7. The van der Waals surface area contributed by atoms with Crippen molar-refractivity contribution in [3.8, 4) is 11.1 Å². The quantitative estimate of drug-likeness (QED) is 0.312. The van der Waals surface area contributed by atoms with Gasteiger partial charge in [-0.15, -0.1) is 0 Å². The smallest absolute Gasteiger partial charge is 0.255 e. The molecule has 4 aromatic rings. The van der Waals surface area contributed by atoms with Crippen molar-refractivity contribution in [1.29, 1.82) is 0 Å². The minimum Gasteiger partial charge on any atom is -0.354 e. The fraction of sp³-hybridized carbons (Fsp3) is 0.133. The van der Waals surface area contributed by atoms with E-state index in [1.165, 1.54) is 0 Å². The second-order valence-electron chi connectivity index (χ2n) is 8.61. The second kappa shape index (κ2) is 10.2. The van der Waals surface area contributed by atoms with Crippen LogP contribution in [0.1, 0.15) is 41.7 Å². The molecule has 3 aromatic carbocycles. The molecule has 0 unspecified atom stereocenters. The molecular formula is C30H25ClN2O2. The van der Waals surface area contributed by atoms with Gasteiger partial charge < -0.3 is 10.3 Å². The molecule has 1 aromatic heterocycles. The van der Waals surface area contributed by atoms with E-state index in [4.69, 9.17) is 11.6 Å². The molecular weight excluding hydrogens is 456 g/mol. The van der Waals surface area contributed by atoms with Crippen LogP contribution in [-0.4, -0.2) is 16.7 Å². The van der Waals surface area contributed by atoms with Crippen LogP contribution in [0.3, 0.4) is 0 Å². The first kappa shape index (κ1) is 22.9. The first-order valence-corrected chi connectivity index (χ1v) is 12.2. The van der Waals surface area contributed by atoms with Crippen molar-refractivity contribution in [3.63, 3.8) is 0 Å². The van der Waals surface area contributed by atoms with E-state index < -0.39 is 0 Å². The Kier molecular flexibility index (Phi) is 6.64. The molecule has 1 aliphatic carbocycles. The van der Waals surface area contributed by atoms with Gasteiger partial charge in [0.25, 0.3) is 5.91 Å². The minimum absolute atomic E-state index is 0.122. The number of hydrogen-bond acceptors (Lipinski definition) is 2. The molecule has 0 fully saturated rings. The Hall–Kier alpha value is -3.89. The number of carbonyl (C=O) groups excluding carboxylic acids is 2. The van der Waals surface area contributed by atoms with E-state index in [9.17, 15) is 9.59 Å². The molecule has 1 aliphatic rings. The third kappa shape index (κ3) is 4.84. The maximum absolute atomic E-state index is 13.2. The van der Waals surface area contributed by atoms with Gasteiger partial charge in [0, 0.05) is 34.0 Å². The SMILES string of the molecule is O=C1CCCCC=CC=C1c1[nH]c2ccc(C(=O)Nc3ccccc3Cl)cc2c1-c1ccccc1. The second-order valence-corrected chi connectivity index (χ2v) is 9.02. The van der Waals surface area contributed by atoms with Crippen LogP contribution in [0.25, 0.3) is 27.6 Å². The summed E-state index contributed by atoms with van der Waals surface area (Å²) in [5, 5.41) is 4.26. The van der Waals surface area contributed by atoms with Crippen LogP contribution < -0.4 is 5.32 Å². The molecule has 0 bridgehead atoms. The van der Waals surface area contributed by atoms with Gasteiger partial charge in [-0.05, 0) is 61.2 Å². The molecule has 5 rings (SSSR count). The Morgan fingerprint density at radius 2 is 1.74 bits per heavy atom. The number of nitrogens with one attached hydrogen (secondary N) is 2. The van der Waals surface area contributed by atoms with Gasteiger partial charge in [-0.25, -0.2) is 0 Å². The van der Waals surface area contributed by atoms with E-state index in [0.717, 1.165) is 47.0 Å². The van der Waals surface area contributed by atoms with E-state index in [0.29, 0.717) is 28.3 Å². The van der Waals surface area contributed by atoms with Crippen LogP contribution in [0.5, 0.6) is 0 Å². The molecule has 0 saturated heterocycles. The van der Waals surface area contributed by atoms with Crippen LogP contribution in [-0.2, 0) is 4.79 Å². The Morgan fingerprint density at radius 1 is 0.943 bits per heavy atom. The molecule has 0 aliphatic heterocycles. The van der Waals surface area contributed by atoms with Crippen molar-refractivity contribution in [3.05, 3.63) is 107 Å². The first-order valence-electron chi connectivity index (χ1n) is 11.8. The van der Waals surface area contributed by atoms with Gasteiger partial charge in [0.15, 0.2) is 5.78 Å². The number of halogens is 1. The lowest BCUT2D eigenvalue weighted by atomic mass is 9.94. The number of H-pyrrole nitrogens is 1. The number of anilines is 1. The zero-order valence-electron chi connectivity index (χ0n) is 19.2. The summed E-state index contributed by atoms with van der Waals surface area (Å²) in [6.07, 6.45) is 9.36. The van der Waals surface area contributed by atoms with Gasteiger partial charge >= 0.3 is 0 Å². The highest BCUT2D eigenvalue weighted by molar-refractivity contribution is 6.34. The van der Waals surface area contributed by atoms with Gasteiger partial charge in [-0.3, -0.25) is 9.59 Å². The van der Waals surface area contributed by atoms with Crippen molar-refractivity contribution >= 4 is 45.5 Å². The maximum atomic E-state index is 13.2.